The van der Waals surface area contributed by atoms with E-state index in [0.29, 0.717) is 6.54 Å². The zero-order valence-corrected chi connectivity index (χ0v) is 12.2. The highest BCUT2D eigenvalue weighted by atomic mass is 16.4. The summed E-state index contributed by atoms with van der Waals surface area (Å²) < 4.78 is 0. The van der Waals surface area contributed by atoms with Gasteiger partial charge in [-0.05, 0) is 32.5 Å². The molecule has 0 heterocycles. The zero-order valence-electron chi connectivity index (χ0n) is 12.2. The second-order valence-electron chi connectivity index (χ2n) is 5.88. The van der Waals surface area contributed by atoms with Crippen LogP contribution in [0.4, 0.5) is 0 Å². The van der Waals surface area contributed by atoms with Crippen molar-refractivity contribution in [2.45, 2.75) is 33.1 Å². The Hall–Kier alpha value is -1.10. The molecule has 0 aromatic carbocycles. The van der Waals surface area contributed by atoms with E-state index in [1.54, 1.807) is 11.9 Å². The summed E-state index contributed by atoms with van der Waals surface area (Å²) >= 11 is 0. The van der Waals surface area contributed by atoms with E-state index >= 15 is 0 Å². The third kappa shape index (κ3) is 8.06. The number of rotatable bonds is 8. The van der Waals surface area contributed by atoms with Gasteiger partial charge in [-0.3, -0.25) is 9.59 Å². The molecule has 0 saturated heterocycles. The van der Waals surface area contributed by atoms with Gasteiger partial charge in [-0.2, -0.15) is 0 Å². The summed E-state index contributed by atoms with van der Waals surface area (Å²) in [7, 11) is 5.77. The average Bonchev–Trinajstić information content (AvgIpc) is 2.13. The van der Waals surface area contributed by atoms with Crippen LogP contribution in [0.15, 0.2) is 0 Å². The molecule has 5 nitrogen and oxygen atoms in total. The van der Waals surface area contributed by atoms with Crippen molar-refractivity contribution in [3.05, 3.63) is 0 Å². The van der Waals surface area contributed by atoms with Gasteiger partial charge in [0.1, 0.15) is 0 Å². The van der Waals surface area contributed by atoms with Crippen LogP contribution < -0.4 is 0 Å². The van der Waals surface area contributed by atoms with Crippen LogP contribution in [0.2, 0.25) is 0 Å². The van der Waals surface area contributed by atoms with Crippen LogP contribution in [0.1, 0.15) is 33.1 Å². The molecule has 0 aromatic rings. The summed E-state index contributed by atoms with van der Waals surface area (Å²) in [5, 5.41) is 8.77. The fourth-order valence-electron chi connectivity index (χ4n) is 1.77. The van der Waals surface area contributed by atoms with E-state index in [0.717, 1.165) is 13.0 Å². The third-order valence-corrected chi connectivity index (χ3v) is 2.78. The molecule has 0 radical (unpaired) electrons. The van der Waals surface area contributed by atoms with Crippen molar-refractivity contribution in [1.29, 1.82) is 0 Å². The second kappa shape index (κ2) is 7.36. The Kier molecular flexibility index (Phi) is 6.91. The minimum absolute atomic E-state index is 0.0139. The first-order valence-corrected chi connectivity index (χ1v) is 6.24. The van der Waals surface area contributed by atoms with Gasteiger partial charge in [0, 0.05) is 20.0 Å². The number of carbonyl (C=O) groups is 2. The first kappa shape index (κ1) is 16.9. The van der Waals surface area contributed by atoms with Crippen molar-refractivity contribution in [2.75, 3.05) is 34.2 Å². The topological polar surface area (TPSA) is 60.9 Å². The molecule has 0 saturated carbocycles. The molecule has 0 atom stereocenters. The lowest BCUT2D eigenvalue weighted by atomic mass is 9.85. The highest BCUT2D eigenvalue weighted by Crippen LogP contribution is 2.25. The lowest BCUT2D eigenvalue weighted by molar-refractivity contribution is -0.140. The molecule has 18 heavy (non-hydrogen) atoms. The number of carboxylic acids is 1. The van der Waals surface area contributed by atoms with Gasteiger partial charge in [0.05, 0.1) is 6.42 Å². The Balaban J connectivity index is 4.10. The molecule has 0 unspecified atom stereocenters. The van der Waals surface area contributed by atoms with Crippen LogP contribution in [0, 0.1) is 5.41 Å². The van der Waals surface area contributed by atoms with E-state index in [4.69, 9.17) is 5.11 Å². The highest BCUT2D eigenvalue weighted by Gasteiger charge is 2.26. The van der Waals surface area contributed by atoms with Gasteiger partial charge >= 0.3 is 5.97 Å². The summed E-state index contributed by atoms with van der Waals surface area (Å²) in [6.45, 7) is 5.27. The lowest BCUT2D eigenvalue weighted by Gasteiger charge is -2.25. The molecule has 5 heteroatoms. The monoisotopic (exact) mass is 258 g/mol. The van der Waals surface area contributed by atoms with Crippen LogP contribution in [0.3, 0.4) is 0 Å². The molecule has 1 amide bonds. The predicted octanol–water partition coefficient (Wildman–Crippen LogP) is 1.29. The minimum atomic E-state index is -0.858. The maximum atomic E-state index is 11.9. The maximum Gasteiger partial charge on any atom is 0.303 e. The molecular formula is C13H26N2O3. The number of carboxylic acid groups (broad SMARTS) is 1. The van der Waals surface area contributed by atoms with Crippen LogP contribution in [0.25, 0.3) is 0 Å². The van der Waals surface area contributed by atoms with Crippen molar-refractivity contribution in [1.82, 2.24) is 9.80 Å². The average molecular weight is 258 g/mol. The molecule has 106 valence electrons. The number of nitrogens with zero attached hydrogens (tertiary/aromatic N) is 2. The van der Waals surface area contributed by atoms with Crippen molar-refractivity contribution in [3.63, 3.8) is 0 Å². The smallest absolute Gasteiger partial charge is 0.303 e. The second-order valence-corrected chi connectivity index (χ2v) is 5.88. The molecule has 1 N–H and O–H groups in total. The summed E-state index contributed by atoms with van der Waals surface area (Å²) in [6.07, 6.45) is 1.22. The van der Waals surface area contributed by atoms with Crippen LogP contribution in [-0.2, 0) is 9.59 Å². The minimum Gasteiger partial charge on any atom is -0.481 e. The molecule has 0 aliphatic rings. The van der Waals surface area contributed by atoms with Gasteiger partial charge in [-0.15, -0.1) is 0 Å². The Labute approximate surface area is 110 Å². The van der Waals surface area contributed by atoms with E-state index in [1.165, 1.54) is 0 Å². The summed E-state index contributed by atoms with van der Waals surface area (Å²) in [5.41, 5.74) is -0.487. The SMILES string of the molecule is CN(C)CCCN(C)C(=O)CC(C)(C)CC(=O)O. The van der Waals surface area contributed by atoms with Gasteiger partial charge in [0.25, 0.3) is 0 Å². The molecule has 0 aromatic heterocycles. The first-order valence-electron chi connectivity index (χ1n) is 6.24. The van der Waals surface area contributed by atoms with Gasteiger partial charge in [0.15, 0.2) is 0 Å². The number of amides is 1. The van der Waals surface area contributed by atoms with E-state index in [1.807, 2.05) is 27.9 Å². The van der Waals surface area contributed by atoms with Crippen molar-refractivity contribution in [3.8, 4) is 0 Å². The molecule has 0 bridgehead atoms. The van der Waals surface area contributed by atoms with Crippen molar-refractivity contribution >= 4 is 11.9 Å². The van der Waals surface area contributed by atoms with E-state index in [-0.39, 0.29) is 18.7 Å². The van der Waals surface area contributed by atoms with Gasteiger partial charge in [0.2, 0.25) is 5.91 Å². The quantitative estimate of drug-likeness (QED) is 0.712. The zero-order chi connectivity index (χ0) is 14.3. The van der Waals surface area contributed by atoms with E-state index in [9.17, 15) is 9.59 Å². The third-order valence-electron chi connectivity index (χ3n) is 2.78. The van der Waals surface area contributed by atoms with Crippen LogP contribution in [-0.4, -0.2) is 61.0 Å². The standard InChI is InChI=1S/C13H26N2O3/c1-13(2,10-12(17)18)9-11(16)15(5)8-6-7-14(3)4/h6-10H2,1-5H3,(H,17,18). The number of hydrogen-bond acceptors (Lipinski definition) is 3. The first-order chi connectivity index (χ1) is 8.14. The Morgan fingerprint density at radius 1 is 1.06 bits per heavy atom. The van der Waals surface area contributed by atoms with Gasteiger partial charge in [-0.25, -0.2) is 0 Å². The van der Waals surface area contributed by atoms with E-state index < -0.39 is 11.4 Å². The van der Waals surface area contributed by atoms with Crippen molar-refractivity contribution in [2.24, 2.45) is 5.41 Å². The molecular weight excluding hydrogens is 232 g/mol. The maximum absolute atomic E-state index is 11.9. The molecule has 0 aliphatic carbocycles. The number of hydrogen-bond donors (Lipinski definition) is 1. The summed E-state index contributed by atoms with van der Waals surface area (Å²) in [4.78, 5) is 26.4. The fourth-order valence-corrected chi connectivity index (χ4v) is 1.77. The summed E-state index contributed by atoms with van der Waals surface area (Å²) in [5.74, 6) is -0.844. The molecule has 0 spiro atoms. The van der Waals surface area contributed by atoms with Crippen molar-refractivity contribution < 1.29 is 14.7 Å². The van der Waals surface area contributed by atoms with Gasteiger partial charge in [-0.1, -0.05) is 13.8 Å². The Morgan fingerprint density at radius 2 is 1.61 bits per heavy atom. The molecule has 0 rings (SSSR count). The van der Waals surface area contributed by atoms with E-state index in [2.05, 4.69) is 4.90 Å². The highest BCUT2D eigenvalue weighted by molar-refractivity contribution is 5.77. The Morgan fingerprint density at radius 3 is 2.06 bits per heavy atom. The summed E-state index contributed by atoms with van der Waals surface area (Å²) in [6, 6.07) is 0. The lowest BCUT2D eigenvalue weighted by Crippen LogP contribution is -2.33. The molecule has 0 aliphatic heterocycles. The largest absolute Gasteiger partial charge is 0.481 e. The Bertz CT molecular complexity index is 288. The molecule has 0 fully saturated rings. The fraction of sp³-hybridized carbons (Fsp3) is 0.846. The van der Waals surface area contributed by atoms with Gasteiger partial charge < -0.3 is 14.9 Å². The normalized spacial score (nSPS) is 11.7. The predicted molar refractivity (Wildman–Crippen MR) is 71.5 cm³/mol. The van der Waals surface area contributed by atoms with Crippen LogP contribution >= 0.6 is 0 Å². The number of aliphatic carboxylic acids is 1. The number of carbonyl (C=O) groups excluding carboxylic acids is 1. The van der Waals surface area contributed by atoms with Crippen LogP contribution in [0.5, 0.6) is 0 Å².